The van der Waals surface area contributed by atoms with Gasteiger partial charge in [0.15, 0.2) is 14.3 Å². The second kappa shape index (κ2) is 11.3. The molecule has 8 heteroatoms. The Kier molecular flexibility index (Phi) is 7.14. The fourth-order valence-electron chi connectivity index (χ4n) is 6.78. The van der Waals surface area contributed by atoms with Crippen molar-refractivity contribution >= 4 is 78.4 Å². The lowest BCUT2D eigenvalue weighted by atomic mass is 9.94. The van der Waals surface area contributed by atoms with Gasteiger partial charge < -0.3 is 9.13 Å². The quantitative estimate of drug-likeness (QED) is 0.101. The van der Waals surface area contributed by atoms with E-state index >= 15 is 9.13 Å². The first-order valence-corrected chi connectivity index (χ1v) is 18.6. The molecule has 0 heterocycles. The van der Waals surface area contributed by atoms with Crippen molar-refractivity contribution in [3.05, 3.63) is 169 Å². The molecule has 2 nitrogen and oxygen atoms in total. The van der Waals surface area contributed by atoms with Gasteiger partial charge in [-0.25, -0.2) is 17.6 Å². The summed E-state index contributed by atoms with van der Waals surface area (Å²) in [5, 5.41) is 7.20. The lowest BCUT2D eigenvalue weighted by molar-refractivity contribution is 0.591. The van der Waals surface area contributed by atoms with Crippen molar-refractivity contribution in [3.8, 4) is 0 Å². The highest BCUT2D eigenvalue weighted by Crippen LogP contribution is 2.49. The van der Waals surface area contributed by atoms with Crippen LogP contribution in [0.2, 0.25) is 0 Å². The molecule has 0 saturated carbocycles. The lowest BCUT2D eigenvalue weighted by Gasteiger charge is -2.25. The van der Waals surface area contributed by atoms with E-state index in [-0.39, 0.29) is 0 Å². The molecular weight excluding hydrogens is 650 g/mol. The van der Waals surface area contributed by atoms with E-state index in [0.717, 1.165) is 21.5 Å². The molecular formula is C40H24F4O2P2. The third-order valence-corrected chi connectivity index (χ3v) is 15.3. The summed E-state index contributed by atoms with van der Waals surface area (Å²) in [7, 11) is -7.37. The molecule has 0 bridgehead atoms. The highest BCUT2D eigenvalue weighted by atomic mass is 31.2. The largest absolute Gasteiger partial charge is 0.309 e. The molecule has 0 aliphatic rings. The van der Waals surface area contributed by atoms with Crippen molar-refractivity contribution in [1.29, 1.82) is 0 Å². The van der Waals surface area contributed by atoms with Crippen molar-refractivity contribution < 1.29 is 26.7 Å². The van der Waals surface area contributed by atoms with Gasteiger partial charge in [0.2, 0.25) is 0 Å². The Morgan fingerprint density at radius 3 is 0.833 bits per heavy atom. The van der Waals surface area contributed by atoms with E-state index < -0.39 is 37.6 Å². The second-order valence-corrected chi connectivity index (χ2v) is 17.2. The van der Waals surface area contributed by atoms with Crippen LogP contribution in [-0.4, -0.2) is 0 Å². The van der Waals surface area contributed by atoms with Gasteiger partial charge >= 0.3 is 0 Å². The van der Waals surface area contributed by atoms with Crippen LogP contribution in [0.4, 0.5) is 17.6 Å². The molecule has 0 amide bonds. The second-order valence-electron chi connectivity index (χ2n) is 11.7. The van der Waals surface area contributed by atoms with Crippen molar-refractivity contribution in [3.63, 3.8) is 0 Å². The maximum absolute atomic E-state index is 15.5. The number of halogens is 4. The van der Waals surface area contributed by atoms with E-state index in [1.54, 1.807) is 12.1 Å². The van der Waals surface area contributed by atoms with Crippen LogP contribution in [0.1, 0.15) is 0 Å². The summed E-state index contributed by atoms with van der Waals surface area (Å²) >= 11 is 0. The van der Waals surface area contributed by atoms with Crippen LogP contribution >= 0.6 is 14.3 Å². The zero-order chi connectivity index (χ0) is 33.2. The average molecular weight is 675 g/mol. The summed E-state index contributed by atoms with van der Waals surface area (Å²) in [6, 6.07) is 37.1. The van der Waals surface area contributed by atoms with Crippen LogP contribution in [0.3, 0.4) is 0 Å². The summed E-state index contributed by atoms with van der Waals surface area (Å²) in [6.07, 6.45) is 0. The number of hydrogen-bond donors (Lipinski definition) is 0. The van der Waals surface area contributed by atoms with E-state index in [9.17, 15) is 17.6 Å². The van der Waals surface area contributed by atoms with Gasteiger partial charge in [-0.1, -0.05) is 36.4 Å². The fourth-order valence-corrected chi connectivity index (χ4v) is 12.4. The van der Waals surface area contributed by atoms with Crippen LogP contribution in [0.15, 0.2) is 146 Å². The highest BCUT2D eigenvalue weighted by molar-refractivity contribution is 7.86. The third kappa shape index (κ3) is 4.63. The predicted molar refractivity (Wildman–Crippen MR) is 189 cm³/mol. The van der Waals surface area contributed by atoms with Gasteiger partial charge in [-0.15, -0.1) is 0 Å². The van der Waals surface area contributed by atoms with Crippen LogP contribution in [0.5, 0.6) is 0 Å². The maximum Gasteiger partial charge on any atom is 0.171 e. The summed E-state index contributed by atoms with van der Waals surface area (Å²) < 4.78 is 87.3. The molecule has 0 aliphatic heterocycles. The molecule has 0 N–H and O–H groups in total. The molecule has 0 fully saturated rings. The van der Waals surface area contributed by atoms with Crippen molar-refractivity contribution in [2.24, 2.45) is 0 Å². The van der Waals surface area contributed by atoms with Gasteiger partial charge in [0, 0.05) is 31.8 Å². The lowest BCUT2D eigenvalue weighted by Crippen LogP contribution is -2.27. The Labute approximate surface area is 273 Å². The molecule has 8 rings (SSSR count). The Balaban J connectivity index is 1.46. The Bertz CT molecular complexity index is 2300. The van der Waals surface area contributed by atoms with E-state index in [0.29, 0.717) is 42.6 Å². The monoisotopic (exact) mass is 674 g/mol. The molecule has 48 heavy (non-hydrogen) atoms. The summed E-state index contributed by atoms with van der Waals surface area (Å²) in [4.78, 5) is 0. The SMILES string of the molecule is O=P(c1ccc(F)cc1)(c1ccc(F)cc1)c1ccc2ccc3ccc(P(=O)(c4ccc(F)cc4)c4ccc(F)cc4)c4ccc1c2c34. The zero-order valence-electron chi connectivity index (χ0n) is 25.1. The standard InChI is InChI=1S/C40H24F4O2P2/c41-27-5-13-31(14-6-27)47(45,32-15-7-28(42)8-16-32)37-23-3-25-1-2-26-4-24-38(36-22-21-35(37)39(25)40(26)36)48(46,33-17-9-29(43)10-18-33)34-19-11-30(44)12-20-34/h1-24H. The minimum atomic E-state index is -3.68. The van der Waals surface area contributed by atoms with Gasteiger partial charge in [0.25, 0.3) is 0 Å². The number of hydrogen-bond acceptors (Lipinski definition) is 2. The molecule has 0 aromatic heterocycles. The number of rotatable bonds is 6. The third-order valence-electron chi connectivity index (χ3n) is 9.06. The highest BCUT2D eigenvalue weighted by Gasteiger charge is 2.35. The molecule has 0 unspecified atom stereocenters. The average Bonchev–Trinajstić information content (AvgIpc) is 3.11. The first-order chi connectivity index (χ1) is 23.2. The van der Waals surface area contributed by atoms with E-state index in [4.69, 9.17) is 0 Å². The van der Waals surface area contributed by atoms with Gasteiger partial charge in [0.1, 0.15) is 23.3 Å². The molecule has 0 aliphatic carbocycles. The zero-order valence-corrected chi connectivity index (χ0v) is 26.9. The molecule has 8 aromatic carbocycles. The van der Waals surface area contributed by atoms with Crippen molar-refractivity contribution in [1.82, 2.24) is 0 Å². The molecule has 234 valence electrons. The maximum atomic E-state index is 15.5. The number of benzene rings is 8. The first-order valence-electron chi connectivity index (χ1n) is 15.1. The smallest absolute Gasteiger partial charge is 0.171 e. The van der Waals surface area contributed by atoms with E-state index in [1.165, 1.54) is 97.1 Å². The van der Waals surface area contributed by atoms with E-state index in [1.807, 2.05) is 36.4 Å². The normalized spacial score (nSPS) is 12.3. The van der Waals surface area contributed by atoms with Gasteiger partial charge in [-0.3, -0.25) is 0 Å². The first kappa shape index (κ1) is 30.3. The van der Waals surface area contributed by atoms with Gasteiger partial charge in [0.05, 0.1) is 0 Å². The topological polar surface area (TPSA) is 34.1 Å². The van der Waals surface area contributed by atoms with Crippen LogP contribution < -0.4 is 31.8 Å². The Morgan fingerprint density at radius 2 is 0.562 bits per heavy atom. The summed E-state index contributed by atoms with van der Waals surface area (Å²) in [5.74, 6) is -1.89. The van der Waals surface area contributed by atoms with Crippen molar-refractivity contribution in [2.75, 3.05) is 0 Å². The molecule has 0 radical (unpaired) electrons. The molecule has 0 atom stereocenters. The van der Waals surface area contributed by atoms with Crippen molar-refractivity contribution in [2.45, 2.75) is 0 Å². The molecule has 8 aromatic rings. The van der Waals surface area contributed by atoms with Crippen LogP contribution in [0.25, 0.3) is 32.3 Å². The summed E-state index contributed by atoms with van der Waals surface area (Å²) in [6.45, 7) is 0. The minimum Gasteiger partial charge on any atom is -0.309 e. The predicted octanol–water partition coefficient (Wildman–Crippen LogP) is 8.42. The summed E-state index contributed by atoms with van der Waals surface area (Å²) in [5.41, 5.74) is 0. The minimum absolute atomic E-state index is 0.392. The van der Waals surface area contributed by atoms with Gasteiger partial charge in [-0.05, 0) is 142 Å². The molecule has 0 saturated heterocycles. The van der Waals surface area contributed by atoms with Gasteiger partial charge in [-0.2, -0.15) is 0 Å². The Hall–Kier alpha value is -5.02. The van der Waals surface area contributed by atoms with Crippen LogP contribution in [0, 0.1) is 23.3 Å². The Morgan fingerprint density at radius 1 is 0.312 bits per heavy atom. The van der Waals surface area contributed by atoms with E-state index in [2.05, 4.69) is 0 Å². The van der Waals surface area contributed by atoms with Crippen LogP contribution in [-0.2, 0) is 9.13 Å². The fraction of sp³-hybridized carbons (Fsp3) is 0. The molecule has 0 spiro atoms.